The molecule has 1 aromatic carbocycles. The maximum absolute atomic E-state index is 15.5. The number of fused-ring (bicyclic) bond motifs is 1. The Kier molecular flexibility index (Phi) is 5.58. The summed E-state index contributed by atoms with van der Waals surface area (Å²) in [6.45, 7) is 7.46. The van der Waals surface area contributed by atoms with Crippen molar-refractivity contribution in [3.8, 4) is 22.6 Å². The van der Waals surface area contributed by atoms with Gasteiger partial charge in [-0.3, -0.25) is 9.48 Å². The van der Waals surface area contributed by atoms with Gasteiger partial charge in [-0.1, -0.05) is 32.0 Å². The average Bonchev–Trinajstić information content (AvgIpc) is 3.58. The highest BCUT2D eigenvalue weighted by Crippen LogP contribution is 2.27. The lowest BCUT2D eigenvalue weighted by atomic mass is 9.97. The molecule has 0 atom stereocenters. The minimum Gasteiger partial charge on any atom is -0.345 e. The van der Waals surface area contributed by atoms with Crippen molar-refractivity contribution in [2.45, 2.75) is 39.7 Å². The number of benzene rings is 1. The zero-order chi connectivity index (χ0) is 25.6. The number of hydrogen-bond acceptors (Lipinski definition) is 8. The van der Waals surface area contributed by atoms with Gasteiger partial charge in [0.1, 0.15) is 12.1 Å². The van der Waals surface area contributed by atoms with Crippen LogP contribution in [0.25, 0.3) is 28.3 Å². The van der Waals surface area contributed by atoms with E-state index < -0.39 is 11.7 Å². The number of aryl methyl sites for hydroxylation is 1. The van der Waals surface area contributed by atoms with Crippen molar-refractivity contribution in [2.75, 3.05) is 0 Å². The molecule has 0 aliphatic carbocycles. The lowest BCUT2D eigenvalue weighted by Crippen LogP contribution is -2.25. The average molecular weight is 490 g/mol. The van der Waals surface area contributed by atoms with Gasteiger partial charge >= 0.3 is 0 Å². The number of rotatable bonds is 5. The zero-order valence-corrected chi connectivity index (χ0v) is 20.4. The molecule has 0 aliphatic heterocycles. The molecule has 4 aromatic heterocycles. The Morgan fingerprint density at radius 3 is 2.72 bits per heavy atom. The number of carbonyl (C=O) groups excluding carboxylic acids is 1. The third-order valence-electron chi connectivity index (χ3n) is 5.71. The molecule has 1 amide bonds. The van der Waals surface area contributed by atoms with E-state index in [2.05, 4.69) is 35.6 Å². The van der Waals surface area contributed by atoms with Crippen LogP contribution in [-0.2, 0) is 19.0 Å². The molecule has 0 bridgehead atoms. The van der Waals surface area contributed by atoms with Crippen LogP contribution in [0.15, 0.2) is 41.4 Å². The predicted octanol–water partition coefficient (Wildman–Crippen LogP) is 3.25. The number of aromatic nitrogens is 8. The van der Waals surface area contributed by atoms with Gasteiger partial charge in [-0.25, -0.2) is 14.4 Å². The van der Waals surface area contributed by atoms with Crippen LogP contribution in [0, 0.1) is 12.7 Å². The van der Waals surface area contributed by atoms with Crippen molar-refractivity contribution in [1.82, 2.24) is 44.8 Å². The molecule has 1 N–H and O–H groups in total. The largest absolute Gasteiger partial charge is 0.345 e. The molecule has 11 nitrogen and oxygen atoms in total. The summed E-state index contributed by atoms with van der Waals surface area (Å²) in [5, 5.41) is 15.2. The Morgan fingerprint density at radius 1 is 1.22 bits per heavy atom. The fourth-order valence-electron chi connectivity index (χ4n) is 3.66. The maximum atomic E-state index is 15.5. The topological polar surface area (TPSA) is 129 Å². The molecule has 0 unspecified atom stereocenters. The highest BCUT2D eigenvalue weighted by Gasteiger charge is 2.24. The summed E-state index contributed by atoms with van der Waals surface area (Å²) < 4.78 is 23.9. The number of carbonyl (C=O) groups is 1. The summed E-state index contributed by atoms with van der Waals surface area (Å²) in [4.78, 5) is 25.2. The van der Waals surface area contributed by atoms with Crippen LogP contribution < -0.4 is 5.32 Å². The van der Waals surface area contributed by atoms with Gasteiger partial charge in [0.25, 0.3) is 11.7 Å². The molecule has 12 heteroatoms. The monoisotopic (exact) mass is 489 g/mol. The van der Waals surface area contributed by atoms with Crippen molar-refractivity contribution in [3.63, 3.8) is 0 Å². The van der Waals surface area contributed by atoms with E-state index in [-0.39, 0.29) is 23.3 Å². The number of nitrogens with one attached hydrogen (secondary N) is 1. The van der Waals surface area contributed by atoms with Crippen LogP contribution in [0.2, 0.25) is 0 Å². The van der Waals surface area contributed by atoms with Crippen molar-refractivity contribution < 1.29 is 13.7 Å². The van der Waals surface area contributed by atoms with E-state index in [1.54, 1.807) is 36.0 Å². The molecule has 0 aliphatic rings. The Morgan fingerprint density at radius 2 is 2.03 bits per heavy atom. The maximum Gasteiger partial charge on any atom is 0.292 e. The van der Waals surface area contributed by atoms with Crippen molar-refractivity contribution in [2.24, 2.45) is 7.05 Å². The van der Waals surface area contributed by atoms with Gasteiger partial charge in [-0.15, -0.1) is 0 Å². The molecule has 5 rings (SSSR count). The van der Waals surface area contributed by atoms with Gasteiger partial charge in [0.15, 0.2) is 11.5 Å². The van der Waals surface area contributed by atoms with Crippen LogP contribution >= 0.6 is 0 Å². The SMILES string of the molecule is Cc1c(CNC(=O)c2noc(C(C)(C)C)n2)ccc(-c2ncnc3cc(-c4cnn(C)c4)nn23)c1F. The Labute approximate surface area is 205 Å². The van der Waals surface area contributed by atoms with Crippen LogP contribution in [0.1, 0.15) is 48.4 Å². The van der Waals surface area contributed by atoms with Crippen molar-refractivity contribution in [3.05, 3.63) is 65.6 Å². The van der Waals surface area contributed by atoms with Gasteiger partial charge in [0, 0.05) is 36.8 Å². The Bertz CT molecular complexity index is 1590. The third kappa shape index (κ3) is 4.21. The van der Waals surface area contributed by atoms with Gasteiger partial charge < -0.3 is 9.84 Å². The second-order valence-electron chi connectivity index (χ2n) is 9.47. The lowest BCUT2D eigenvalue weighted by Gasteiger charge is -2.12. The first kappa shape index (κ1) is 23.3. The summed E-state index contributed by atoms with van der Waals surface area (Å²) >= 11 is 0. The molecule has 0 spiro atoms. The molecular formula is C24H24FN9O2. The standard InChI is InChI=1S/C24H24FN9O2/c1-13-14(9-26-22(35)20-30-23(36-32-20)24(2,3)4)6-7-16(19(13)25)21-28-12-27-18-8-17(31-34(18)21)15-10-29-33(5)11-15/h6-8,10-12H,9H2,1-5H3,(H,26,35). The zero-order valence-electron chi connectivity index (χ0n) is 20.4. The highest BCUT2D eigenvalue weighted by molar-refractivity contribution is 5.90. The summed E-state index contributed by atoms with van der Waals surface area (Å²) in [5.41, 5.74) is 2.87. The molecule has 36 heavy (non-hydrogen) atoms. The molecule has 0 radical (unpaired) electrons. The number of nitrogens with zero attached hydrogens (tertiary/aromatic N) is 8. The molecule has 0 saturated carbocycles. The van der Waals surface area contributed by atoms with Gasteiger partial charge in [0.2, 0.25) is 5.89 Å². The summed E-state index contributed by atoms with van der Waals surface area (Å²) in [6.07, 6.45) is 4.90. The van der Waals surface area contributed by atoms with Crippen LogP contribution in [0.4, 0.5) is 4.39 Å². The fourth-order valence-corrected chi connectivity index (χ4v) is 3.66. The lowest BCUT2D eigenvalue weighted by molar-refractivity contribution is 0.0937. The second kappa shape index (κ2) is 8.63. The van der Waals surface area contributed by atoms with E-state index in [1.807, 2.05) is 34.0 Å². The molecular weight excluding hydrogens is 465 g/mol. The van der Waals surface area contributed by atoms with E-state index in [4.69, 9.17) is 4.52 Å². The minimum atomic E-state index is -0.505. The van der Waals surface area contributed by atoms with Gasteiger partial charge in [-0.05, 0) is 24.1 Å². The van der Waals surface area contributed by atoms with Crippen LogP contribution in [0.3, 0.4) is 0 Å². The predicted molar refractivity (Wildman–Crippen MR) is 127 cm³/mol. The summed E-state index contributed by atoms with van der Waals surface area (Å²) in [5.74, 6) is -0.362. The first-order valence-corrected chi connectivity index (χ1v) is 11.2. The van der Waals surface area contributed by atoms with Gasteiger partial charge in [0.05, 0.1) is 17.5 Å². The van der Waals surface area contributed by atoms with Crippen molar-refractivity contribution in [1.29, 1.82) is 0 Å². The van der Waals surface area contributed by atoms with Crippen LogP contribution in [0.5, 0.6) is 0 Å². The van der Waals surface area contributed by atoms with Crippen molar-refractivity contribution >= 4 is 11.6 Å². The van der Waals surface area contributed by atoms with E-state index in [0.717, 1.165) is 5.56 Å². The first-order chi connectivity index (χ1) is 17.1. The first-order valence-electron chi connectivity index (χ1n) is 11.2. The normalized spacial score (nSPS) is 11.8. The fraction of sp³-hybridized carbons (Fsp3) is 0.292. The van der Waals surface area contributed by atoms with Gasteiger partial charge in [-0.2, -0.15) is 19.7 Å². The molecule has 0 saturated heterocycles. The van der Waals surface area contributed by atoms with E-state index >= 15 is 4.39 Å². The number of amides is 1. The molecule has 5 aromatic rings. The Hall–Kier alpha value is -4.48. The Balaban J connectivity index is 1.40. The quantitative estimate of drug-likeness (QED) is 0.398. The van der Waals surface area contributed by atoms with Crippen LogP contribution in [-0.4, -0.2) is 45.4 Å². The smallest absolute Gasteiger partial charge is 0.292 e. The van der Waals surface area contributed by atoms with E-state index in [0.29, 0.717) is 34.2 Å². The molecule has 0 fully saturated rings. The summed E-state index contributed by atoms with van der Waals surface area (Å²) in [7, 11) is 1.82. The second-order valence-corrected chi connectivity index (χ2v) is 9.47. The number of hydrogen-bond donors (Lipinski definition) is 1. The minimum absolute atomic E-state index is 0.0684. The molecule has 184 valence electrons. The highest BCUT2D eigenvalue weighted by atomic mass is 19.1. The third-order valence-corrected chi connectivity index (χ3v) is 5.71. The van der Waals surface area contributed by atoms with E-state index in [1.165, 1.54) is 10.8 Å². The molecule has 4 heterocycles. The summed E-state index contributed by atoms with van der Waals surface area (Å²) in [6, 6.07) is 5.15. The number of halogens is 1. The van der Waals surface area contributed by atoms with E-state index in [9.17, 15) is 4.79 Å².